The van der Waals surface area contributed by atoms with Crippen LogP contribution >= 0.6 is 0 Å². The van der Waals surface area contributed by atoms with Crippen LogP contribution in [0.1, 0.15) is 72.1 Å². The smallest absolute Gasteiger partial charge is 0.167 e. The lowest BCUT2D eigenvalue weighted by molar-refractivity contribution is -0.144. The minimum absolute atomic E-state index is 0.0222. The first-order valence-corrected chi connectivity index (χ1v) is 9.93. The molecule has 136 valence electrons. The van der Waals surface area contributed by atoms with Crippen LogP contribution in [0.5, 0.6) is 0 Å². The van der Waals surface area contributed by atoms with Crippen LogP contribution in [0.3, 0.4) is 0 Å². The summed E-state index contributed by atoms with van der Waals surface area (Å²) in [5.41, 5.74) is 3.95. The predicted octanol–water partition coefficient (Wildman–Crippen LogP) is 4.15. The summed E-state index contributed by atoms with van der Waals surface area (Å²) < 4.78 is 0. The molecular formula is C22H30O3. The fourth-order valence-electron chi connectivity index (χ4n) is 6.60. The molecule has 0 aromatic heterocycles. The van der Waals surface area contributed by atoms with Crippen molar-refractivity contribution in [3.05, 3.63) is 22.8 Å². The highest BCUT2D eigenvalue weighted by atomic mass is 16.3. The Labute approximate surface area is 150 Å². The zero-order chi connectivity index (χ0) is 18.0. The van der Waals surface area contributed by atoms with Gasteiger partial charge in [0.2, 0.25) is 0 Å². The second-order valence-electron chi connectivity index (χ2n) is 9.23. The summed E-state index contributed by atoms with van der Waals surface area (Å²) in [6.07, 6.45) is 8.78. The van der Waals surface area contributed by atoms with Gasteiger partial charge in [0.1, 0.15) is 11.9 Å². The maximum atomic E-state index is 12.8. The first-order valence-electron chi connectivity index (χ1n) is 9.93. The van der Waals surface area contributed by atoms with Gasteiger partial charge in [-0.3, -0.25) is 9.59 Å². The molecule has 0 spiro atoms. The Hall–Kier alpha value is -1.22. The molecule has 4 rings (SSSR count). The van der Waals surface area contributed by atoms with Gasteiger partial charge < -0.3 is 5.11 Å². The largest absolute Gasteiger partial charge is 0.386 e. The highest BCUT2D eigenvalue weighted by Crippen LogP contribution is 2.66. The summed E-state index contributed by atoms with van der Waals surface area (Å²) >= 11 is 0. The number of carbonyl (C=O) groups excluding carboxylic acids is 2. The molecule has 5 atom stereocenters. The standard InChI is InChI=1S/C22H30O3/c1-13(23)20(25)22(3)11-9-19-18-6-4-14-12-15(24)5-7-16(14)17(18)8-10-21(19,22)2/h4,13,18-19,23H,5-12H2,1-3H3/t13-,18+,19-,21-,22+/m0/s1. The van der Waals surface area contributed by atoms with Gasteiger partial charge in [-0.25, -0.2) is 0 Å². The van der Waals surface area contributed by atoms with Crippen molar-refractivity contribution in [3.8, 4) is 0 Å². The van der Waals surface area contributed by atoms with E-state index in [0.717, 1.165) is 38.5 Å². The number of hydrogen-bond acceptors (Lipinski definition) is 3. The molecule has 0 aromatic rings. The molecule has 3 saturated carbocycles. The number of rotatable bonds is 2. The third-order valence-electron chi connectivity index (χ3n) is 8.24. The van der Waals surface area contributed by atoms with Crippen molar-refractivity contribution in [3.63, 3.8) is 0 Å². The summed E-state index contributed by atoms with van der Waals surface area (Å²) in [5.74, 6) is 1.47. The number of aliphatic hydroxyl groups is 1. The first-order chi connectivity index (χ1) is 11.8. The van der Waals surface area contributed by atoms with Crippen molar-refractivity contribution < 1.29 is 14.7 Å². The van der Waals surface area contributed by atoms with Gasteiger partial charge in [-0.15, -0.1) is 0 Å². The molecule has 3 heteroatoms. The molecule has 0 unspecified atom stereocenters. The topological polar surface area (TPSA) is 54.4 Å². The molecule has 0 bridgehead atoms. The van der Waals surface area contributed by atoms with E-state index >= 15 is 0 Å². The van der Waals surface area contributed by atoms with Crippen LogP contribution in [0, 0.1) is 22.7 Å². The maximum Gasteiger partial charge on any atom is 0.167 e. The van der Waals surface area contributed by atoms with Gasteiger partial charge in [-0.1, -0.05) is 25.5 Å². The summed E-state index contributed by atoms with van der Waals surface area (Å²) in [5, 5.41) is 9.96. The van der Waals surface area contributed by atoms with Crippen LogP contribution in [0.25, 0.3) is 0 Å². The number of carbonyl (C=O) groups is 2. The van der Waals surface area contributed by atoms with E-state index in [1.807, 2.05) is 0 Å². The number of fused-ring (bicyclic) bond motifs is 4. The van der Waals surface area contributed by atoms with Gasteiger partial charge in [-0.2, -0.15) is 0 Å². The zero-order valence-corrected chi connectivity index (χ0v) is 15.7. The van der Waals surface area contributed by atoms with Gasteiger partial charge >= 0.3 is 0 Å². The van der Waals surface area contributed by atoms with Crippen molar-refractivity contribution in [2.45, 2.75) is 78.2 Å². The molecule has 0 heterocycles. The van der Waals surface area contributed by atoms with Crippen LogP contribution in [0.4, 0.5) is 0 Å². The van der Waals surface area contributed by atoms with Crippen LogP contribution < -0.4 is 0 Å². The summed E-state index contributed by atoms with van der Waals surface area (Å²) in [6, 6.07) is 0. The molecule has 3 fully saturated rings. The number of aliphatic hydroxyl groups excluding tert-OH is 1. The summed E-state index contributed by atoms with van der Waals surface area (Å²) in [6.45, 7) is 6.02. The normalized spacial score (nSPS) is 41.6. The third-order valence-corrected chi connectivity index (χ3v) is 8.24. The van der Waals surface area contributed by atoms with E-state index in [-0.39, 0.29) is 11.2 Å². The minimum Gasteiger partial charge on any atom is -0.386 e. The van der Waals surface area contributed by atoms with E-state index in [0.29, 0.717) is 30.5 Å². The Morgan fingerprint density at radius 3 is 2.72 bits per heavy atom. The van der Waals surface area contributed by atoms with Crippen LogP contribution in [-0.2, 0) is 9.59 Å². The minimum atomic E-state index is -0.873. The fourth-order valence-corrected chi connectivity index (χ4v) is 6.60. The number of allylic oxidation sites excluding steroid dienone is 4. The second kappa shape index (κ2) is 5.64. The first kappa shape index (κ1) is 17.2. The van der Waals surface area contributed by atoms with Gasteiger partial charge in [0, 0.05) is 18.3 Å². The SMILES string of the molecule is C[C@H](O)C(=O)[C@@]1(C)CC[C@H]2[C@@H]3CC=C4CC(=O)CCC4=C3CC[C@@]21C. The molecule has 0 aliphatic heterocycles. The van der Waals surface area contributed by atoms with Crippen molar-refractivity contribution >= 4 is 11.6 Å². The van der Waals surface area contributed by atoms with Crippen molar-refractivity contribution in [1.29, 1.82) is 0 Å². The summed E-state index contributed by atoms with van der Waals surface area (Å²) in [7, 11) is 0. The predicted molar refractivity (Wildman–Crippen MR) is 96.9 cm³/mol. The molecule has 0 saturated heterocycles. The van der Waals surface area contributed by atoms with Gasteiger partial charge in [0.25, 0.3) is 0 Å². The maximum absolute atomic E-state index is 12.8. The van der Waals surface area contributed by atoms with E-state index in [9.17, 15) is 14.7 Å². The Bertz CT molecular complexity index is 698. The number of hydrogen-bond donors (Lipinski definition) is 1. The molecule has 4 aliphatic rings. The molecule has 3 nitrogen and oxygen atoms in total. The van der Waals surface area contributed by atoms with Gasteiger partial charge in [-0.05, 0) is 73.8 Å². The quantitative estimate of drug-likeness (QED) is 0.820. The zero-order valence-electron chi connectivity index (χ0n) is 15.7. The highest BCUT2D eigenvalue weighted by molar-refractivity contribution is 5.89. The third kappa shape index (κ3) is 2.27. The van der Waals surface area contributed by atoms with Crippen molar-refractivity contribution in [1.82, 2.24) is 0 Å². The van der Waals surface area contributed by atoms with E-state index in [2.05, 4.69) is 19.9 Å². The Balaban J connectivity index is 1.69. The van der Waals surface area contributed by atoms with Gasteiger partial charge in [0.05, 0.1) is 0 Å². The molecular weight excluding hydrogens is 312 g/mol. The average Bonchev–Trinajstić information content (AvgIpc) is 2.86. The molecule has 0 amide bonds. The molecule has 25 heavy (non-hydrogen) atoms. The number of Topliss-reactive ketones (excluding diaryl/α,β-unsaturated/α-hetero) is 2. The average molecular weight is 342 g/mol. The van der Waals surface area contributed by atoms with Crippen molar-refractivity contribution in [2.75, 3.05) is 0 Å². The van der Waals surface area contributed by atoms with Crippen LogP contribution in [0.2, 0.25) is 0 Å². The molecule has 4 aliphatic carbocycles. The lowest BCUT2D eigenvalue weighted by Crippen LogP contribution is -2.50. The van der Waals surface area contributed by atoms with Crippen LogP contribution in [0.15, 0.2) is 22.8 Å². The second-order valence-corrected chi connectivity index (χ2v) is 9.23. The van der Waals surface area contributed by atoms with Gasteiger partial charge in [0.15, 0.2) is 5.78 Å². The fraction of sp³-hybridized carbons (Fsp3) is 0.727. The molecule has 0 aromatic carbocycles. The van der Waals surface area contributed by atoms with E-state index in [4.69, 9.17) is 0 Å². The number of ketones is 2. The lowest BCUT2D eigenvalue weighted by Gasteiger charge is -2.52. The Morgan fingerprint density at radius 2 is 2.00 bits per heavy atom. The van der Waals surface area contributed by atoms with E-state index in [1.165, 1.54) is 11.1 Å². The summed E-state index contributed by atoms with van der Waals surface area (Å²) in [4.78, 5) is 24.7. The molecule has 0 radical (unpaired) electrons. The highest BCUT2D eigenvalue weighted by Gasteiger charge is 2.62. The Kier molecular flexibility index (Phi) is 3.88. The monoisotopic (exact) mass is 342 g/mol. The van der Waals surface area contributed by atoms with E-state index in [1.54, 1.807) is 12.5 Å². The molecule has 1 N–H and O–H groups in total. The van der Waals surface area contributed by atoms with Crippen molar-refractivity contribution in [2.24, 2.45) is 22.7 Å². The van der Waals surface area contributed by atoms with E-state index < -0.39 is 11.5 Å². The lowest BCUT2D eigenvalue weighted by atomic mass is 9.52. The van der Waals surface area contributed by atoms with Crippen LogP contribution in [-0.4, -0.2) is 22.8 Å². The Morgan fingerprint density at radius 1 is 1.24 bits per heavy atom.